The van der Waals surface area contributed by atoms with Crippen molar-refractivity contribution in [2.75, 3.05) is 5.32 Å². The summed E-state index contributed by atoms with van der Waals surface area (Å²) in [6, 6.07) is 5.87. The normalized spacial score (nSPS) is 15.7. The van der Waals surface area contributed by atoms with Crippen molar-refractivity contribution >= 4 is 21.2 Å². The predicted molar refractivity (Wildman–Crippen MR) is 93.3 cm³/mol. The molecule has 1 aromatic carbocycles. The first kappa shape index (κ1) is 19.6. The zero-order valence-corrected chi connectivity index (χ0v) is 15.1. The first-order valence-electron chi connectivity index (χ1n) is 8.55. The molecular weight excluding hydrogens is 384 g/mol. The molecule has 3 rings (SSSR count). The molecule has 4 nitrogen and oxygen atoms in total. The fraction of sp³-hybridized carbons (Fsp3) is 0.389. The quantitative estimate of drug-likeness (QED) is 0.585. The molecule has 0 amide bonds. The van der Waals surface area contributed by atoms with Gasteiger partial charge in [-0.3, -0.25) is 0 Å². The monoisotopic (exact) mass is 402 g/mol. The van der Waals surface area contributed by atoms with Gasteiger partial charge >= 0.3 is 0 Å². The van der Waals surface area contributed by atoms with Crippen LogP contribution in [0.25, 0.3) is 0 Å². The number of hydrogen-bond acceptors (Lipinski definition) is 4. The third kappa shape index (κ3) is 4.40. The van der Waals surface area contributed by atoms with Crippen LogP contribution < -0.4 is 5.32 Å². The molecule has 2 aromatic rings. The number of anilines is 2. The van der Waals surface area contributed by atoms with E-state index in [-0.39, 0.29) is 16.7 Å². The summed E-state index contributed by atoms with van der Waals surface area (Å²) < 4.78 is 79.1. The second kappa shape index (κ2) is 7.84. The Bertz CT molecular complexity index is 918. The van der Waals surface area contributed by atoms with Crippen LogP contribution in [0.4, 0.5) is 28.9 Å². The lowest BCUT2D eigenvalue weighted by Crippen LogP contribution is -2.25. The Morgan fingerprint density at radius 2 is 1.63 bits per heavy atom. The lowest BCUT2D eigenvalue weighted by Gasteiger charge is -2.21. The smallest absolute Gasteiger partial charge is 0.253 e. The van der Waals surface area contributed by atoms with Gasteiger partial charge in [0.25, 0.3) is 11.9 Å². The standard InChI is InChI=1S/C18H18F4N2O2S/c19-14-16(15(20)18(22)24-17(14)21)23-12-6-4-5-11(9-12)10-27(25,26)13-7-2-1-3-8-13/h4-6,9,13H,1-3,7-8,10H2,(H,23,24). The van der Waals surface area contributed by atoms with Gasteiger partial charge in [0.2, 0.25) is 11.6 Å². The molecule has 0 radical (unpaired) electrons. The van der Waals surface area contributed by atoms with Crippen molar-refractivity contribution in [1.82, 2.24) is 4.98 Å². The molecule has 27 heavy (non-hydrogen) atoms. The molecule has 1 aliphatic carbocycles. The third-order valence-electron chi connectivity index (χ3n) is 4.62. The van der Waals surface area contributed by atoms with Gasteiger partial charge in [-0.05, 0) is 30.5 Å². The molecule has 1 heterocycles. The van der Waals surface area contributed by atoms with Crippen molar-refractivity contribution < 1.29 is 26.0 Å². The number of benzene rings is 1. The van der Waals surface area contributed by atoms with E-state index >= 15 is 0 Å². The van der Waals surface area contributed by atoms with Crippen LogP contribution in [0.3, 0.4) is 0 Å². The summed E-state index contributed by atoms with van der Waals surface area (Å²) >= 11 is 0. The predicted octanol–water partition coefficient (Wildman–Crippen LogP) is 4.63. The van der Waals surface area contributed by atoms with Crippen LogP contribution in [0.2, 0.25) is 0 Å². The molecule has 0 spiro atoms. The number of pyridine rings is 1. The van der Waals surface area contributed by atoms with Crippen molar-refractivity contribution in [2.45, 2.75) is 43.1 Å². The Morgan fingerprint density at radius 1 is 1.00 bits per heavy atom. The number of rotatable bonds is 5. The van der Waals surface area contributed by atoms with Crippen molar-refractivity contribution in [2.24, 2.45) is 0 Å². The topological polar surface area (TPSA) is 59.1 Å². The second-order valence-electron chi connectivity index (χ2n) is 6.59. The van der Waals surface area contributed by atoms with E-state index in [4.69, 9.17) is 0 Å². The molecule has 0 saturated heterocycles. The molecule has 0 aliphatic heterocycles. The van der Waals surface area contributed by atoms with E-state index in [9.17, 15) is 26.0 Å². The SMILES string of the molecule is O=S(=O)(Cc1cccc(Nc2c(F)c(F)nc(F)c2F)c1)C1CCCCC1. The number of nitrogens with zero attached hydrogens (tertiary/aromatic N) is 1. The Morgan fingerprint density at radius 3 is 2.26 bits per heavy atom. The van der Waals surface area contributed by atoms with Crippen LogP contribution >= 0.6 is 0 Å². The van der Waals surface area contributed by atoms with Crippen LogP contribution in [0.5, 0.6) is 0 Å². The number of halogens is 4. The van der Waals surface area contributed by atoms with Gasteiger partial charge in [0, 0.05) is 5.69 Å². The van der Waals surface area contributed by atoms with Gasteiger partial charge < -0.3 is 5.32 Å². The van der Waals surface area contributed by atoms with E-state index < -0.39 is 39.1 Å². The minimum Gasteiger partial charge on any atom is -0.350 e. The highest BCUT2D eigenvalue weighted by Gasteiger charge is 2.27. The molecule has 0 atom stereocenters. The van der Waals surface area contributed by atoms with E-state index in [1.165, 1.54) is 18.2 Å². The van der Waals surface area contributed by atoms with E-state index in [1.54, 1.807) is 6.07 Å². The zero-order chi connectivity index (χ0) is 19.6. The Hall–Kier alpha value is -2.16. The maximum absolute atomic E-state index is 13.7. The average molecular weight is 402 g/mol. The molecule has 1 fully saturated rings. The lowest BCUT2D eigenvalue weighted by molar-refractivity contribution is 0.411. The van der Waals surface area contributed by atoms with Crippen LogP contribution in [-0.4, -0.2) is 18.7 Å². The van der Waals surface area contributed by atoms with Crippen molar-refractivity contribution in [3.63, 3.8) is 0 Å². The van der Waals surface area contributed by atoms with Crippen molar-refractivity contribution in [3.8, 4) is 0 Å². The Balaban J connectivity index is 1.83. The first-order chi connectivity index (χ1) is 12.8. The van der Waals surface area contributed by atoms with Crippen LogP contribution in [-0.2, 0) is 15.6 Å². The van der Waals surface area contributed by atoms with Gasteiger partial charge in [0.05, 0.1) is 11.0 Å². The lowest BCUT2D eigenvalue weighted by atomic mass is 10.0. The highest BCUT2D eigenvalue weighted by molar-refractivity contribution is 7.91. The molecular formula is C18H18F4N2O2S. The second-order valence-corrected chi connectivity index (χ2v) is 8.87. The maximum Gasteiger partial charge on any atom is 0.253 e. The molecule has 1 saturated carbocycles. The highest BCUT2D eigenvalue weighted by Crippen LogP contribution is 2.29. The van der Waals surface area contributed by atoms with Gasteiger partial charge in [-0.15, -0.1) is 0 Å². The van der Waals surface area contributed by atoms with Crippen LogP contribution in [0.1, 0.15) is 37.7 Å². The fourth-order valence-corrected chi connectivity index (χ4v) is 5.19. The Labute approximate surface area is 154 Å². The highest BCUT2D eigenvalue weighted by atomic mass is 32.2. The molecule has 0 unspecified atom stereocenters. The molecule has 0 bridgehead atoms. The van der Waals surface area contributed by atoms with E-state index in [0.29, 0.717) is 18.4 Å². The summed E-state index contributed by atoms with van der Waals surface area (Å²) in [5.74, 6) is -7.07. The van der Waals surface area contributed by atoms with Gasteiger partial charge in [-0.2, -0.15) is 22.5 Å². The largest absolute Gasteiger partial charge is 0.350 e. The number of sulfone groups is 1. The molecule has 1 aromatic heterocycles. The summed E-state index contributed by atoms with van der Waals surface area (Å²) in [5.41, 5.74) is -0.497. The minimum atomic E-state index is -3.36. The first-order valence-corrected chi connectivity index (χ1v) is 10.3. The Kier molecular flexibility index (Phi) is 5.69. The maximum atomic E-state index is 13.7. The summed E-state index contributed by atoms with van der Waals surface area (Å²) in [6.07, 6.45) is 4.05. The summed E-state index contributed by atoms with van der Waals surface area (Å²) in [4.78, 5) is 2.49. The summed E-state index contributed by atoms with van der Waals surface area (Å²) in [5, 5.41) is 1.88. The molecule has 9 heteroatoms. The van der Waals surface area contributed by atoms with E-state index in [1.807, 2.05) is 0 Å². The van der Waals surface area contributed by atoms with Gasteiger partial charge in [-0.1, -0.05) is 31.4 Å². The van der Waals surface area contributed by atoms with Gasteiger partial charge in [-0.25, -0.2) is 8.42 Å². The van der Waals surface area contributed by atoms with Crippen LogP contribution in [0.15, 0.2) is 24.3 Å². The molecule has 1 N–H and O–H groups in total. The molecule has 146 valence electrons. The zero-order valence-electron chi connectivity index (χ0n) is 14.3. The minimum absolute atomic E-state index is 0.106. The third-order valence-corrected chi connectivity index (χ3v) is 6.84. The van der Waals surface area contributed by atoms with Crippen molar-refractivity contribution in [3.05, 3.63) is 53.4 Å². The number of nitrogens with one attached hydrogen (secondary N) is 1. The molecule has 1 aliphatic rings. The summed E-state index contributed by atoms with van der Waals surface area (Å²) in [7, 11) is -3.36. The summed E-state index contributed by atoms with van der Waals surface area (Å²) in [6.45, 7) is 0. The van der Waals surface area contributed by atoms with E-state index in [2.05, 4.69) is 10.3 Å². The van der Waals surface area contributed by atoms with Gasteiger partial charge in [0.15, 0.2) is 9.84 Å². The van der Waals surface area contributed by atoms with Gasteiger partial charge in [0.1, 0.15) is 5.69 Å². The average Bonchev–Trinajstić information content (AvgIpc) is 2.64. The van der Waals surface area contributed by atoms with Crippen molar-refractivity contribution in [1.29, 1.82) is 0 Å². The fourth-order valence-electron chi connectivity index (χ4n) is 3.25. The number of hydrogen-bond donors (Lipinski definition) is 1. The van der Waals surface area contributed by atoms with Crippen LogP contribution in [0, 0.1) is 23.5 Å². The number of aromatic nitrogens is 1. The van der Waals surface area contributed by atoms with E-state index in [0.717, 1.165) is 19.3 Å².